The van der Waals surface area contributed by atoms with Gasteiger partial charge in [-0.2, -0.15) is 5.26 Å². The number of hydrogen-bond donors (Lipinski definition) is 5. The van der Waals surface area contributed by atoms with Crippen molar-refractivity contribution in [2.45, 2.75) is 54.9 Å². The first-order valence-electron chi connectivity index (χ1n) is 9.86. The summed E-state index contributed by atoms with van der Waals surface area (Å²) in [6, 6.07) is 4.06. The number of unbranched alkanes of at least 4 members (excludes halogenated alkanes) is 3. The first kappa shape index (κ1) is 24.3. The average Bonchev–Trinajstić information content (AvgIpc) is 2.72. The number of rotatable bonds is 11. The van der Waals surface area contributed by atoms with Crippen molar-refractivity contribution in [1.82, 2.24) is 4.90 Å². The summed E-state index contributed by atoms with van der Waals surface area (Å²) in [5.74, 6) is 0. The van der Waals surface area contributed by atoms with Crippen LogP contribution in [0.3, 0.4) is 0 Å². The molecular weight excluding hydrogens is 412 g/mol. The molecule has 0 aliphatic carbocycles. The lowest BCUT2D eigenvalue weighted by Crippen LogP contribution is -2.62. The molecule has 10 nitrogen and oxygen atoms in total. The number of piperidine rings is 1. The zero-order chi connectivity index (χ0) is 22.1. The number of benzene rings is 1. The molecule has 0 spiro atoms. The van der Waals surface area contributed by atoms with Gasteiger partial charge in [-0.3, -0.25) is 15.0 Å². The molecule has 1 fully saturated rings. The average molecular weight is 441 g/mol. The van der Waals surface area contributed by atoms with Crippen LogP contribution in [0.4, 0.5) is 11.4 Å². The Balaban J connectivity index is 1.71. The van der Waals surface area contributed by atoms with Crippen LogP contribution in [-0.2, 0) is 0 Å². The molecular formula is C19H28N4O6S. The predicted molar refractivity (Wildman–Crippen MR) is 112 cm³/mol. The van der Waals surface area contributed by atoms with Crippen molar-refractivity contribution < 1.29 is 25.3 Å². The topological polar surface area (TPSA) is 163 Å². The van der Waals surface area contributed by atoms with Crippen LogP contribution in [0.15, 0.2) is 23.1 Å². The van der Waals surface area contributed by atoms with Crippen molar-refractivity contribution in [1.29, 1.82) is 5.26 Å². The second-order valence-corrected chi connectivity index (χ2v) is 8.12. The van der Waals surface area contributed by atoms with Gasteiger partial charge in [0.15, 0.2) is 0 Å². The fraction of sp³-hybridized carbons (Fsp3) is 0.632. The van der Waals surface area contributed by atoms with Crippen LogP contribution in [0.1, 0.15) is 25.7 Å². The SMILES string of the molecule is N#CSc1ccc(NCCCCCCN2C[C@H](O)[C@@H](O)[C@H](O)[C@H]2CO)c([N+](=O)[O-])c1. The number of thioether (sulfide) groups is 1. The van der Waals surface area contributed by atoms with Gasteiger partial charge in [0.1, 0.15) is 23.3 Å². The summed E-state index contributed by atoms with van der Waals surface area (Å²) in [4.78, 5) is 13.1. The van der Waals surface area contributed by atoms with Crippen molar-refractivity contribution in [2.24, 2.45) is 0 Å². The van der Waals surface area contributed by atoms with Crippen LogP contribution in [0.5, 0.6) is 0 Å². The first-order chi connectivity index (χ1) is 14.4. The number of nitrogens with zero attached hydrogens (tertiary/aromatic N) is 3. The maximum atomic E-state index is 11.2. The summed E-state index contributed by atoms with van der Waals surface area (Å²) in [5, 5.41) is 63.8. The van der Waals surface area contributed by atoms with E-state index in [0.29, 0.717) is 23.7 Å². The quantitative estimate of drug-likeness (QED) is 0.110. The lowest BCUT2D eigenvalue weighted by Gasteiger charge is -2.43. The highest BCUT2D eigenvalue weighted by Crippen LogP contribution is 2.30. The Labute approximate surface area is 179 Å². The van der Waals surface area contributed by atoms with Crippen molar-refractivity contribution in [3.05, 3.63) is 28.3 Å². The number of thiocyanates is 1. The Morgan fingerprint density at radius 1 is 1.23 bits per heavy atom. The molecule has 4 atom stereocenters. The number of likely N-dealkylation sites (tertiary alicyclic amines) is 1. The van der Waals surface area contributed by atoms with Gasteiger partial charge >= 0.3 is 0 Å². The molecule has 1 aliphatic rings. The number of hydrogen-bond acceptors (Lipinski definition) is 10. The highest BCUT2D eigenvalue weighted by Gasteiger charge is 2.40. The number of aliphatic hydroxyl groups is 4. The fourth-order valence-corrected chi connectivity index (χ4v) is 3.99. The molecule has 5 N–H and O–H groups in total. The smallest absolute Gasteiger partial charge is 0.293 e. The molecule has 1 aliphatic heterocycles. The molecule has 0 bridgehead atoms. The number of nitro groups is 1. The molecule has 11 heteroatoms. The summed E-state index contributed by atoms with van der Waals surface area (Å²) in [7, 11) is 0. The lowest BCUT2D eigenvalue weighted by atomic mass is 9.94. The van der Waals surface area contributed by atoms with Gasteiger partial charge in [-0.05, 0) is 43.3 Å². The molecule has 30 heavy (non-hydrogen) atoms. The molecule has 1 saturated heterocycles. The maximum Gasteiger partial charge on any atom is 0.293 e. The predicted octanol–water partition coefficient (Wildman–Crippen LogP) is 0.899. The van der Waals surface area contributed by atoms with E-state index < -0.39 is 29.3 Å². The second kappa shape index (κ2) is 12.0. The van der Waals surface area contributed by atoms with Crippen molar-refractivity contribution in [3.63, 3.8) is 0 Å². The molecule has 0 radical (unpaired) electrons. The number of anilines is 1. The molecule has 0 amide bonds. The zero-order valence-electron chi connectivity index (χ0n) is 16.6. The molecule has 1 aromatic rings. The normalized spacial score (nSPS) is 24.4. The second-order valence-electron chi connectivity index (χ2n) is 7.26. The van der Waals surface area contributed by atoms with E-state index in [2.05, 4.69) is 5.32 Å². The van der Waals surface area contributed by atoms with Gasteiger partial charge in [-0.1, -0.05) is 12.8 Å². The monoisotopic (exact) mass is 440 g/mol. The van der Waals surface area contributed by atoms with Crippen molar-refractivity contribution >= 4 is 23.1 Å². The number of nitrogens with one attached hydrogen (secondary N) is 1. The first-order valence-corrected chi connectivity index (χ1v) is 10.7. The fourth-order valence-electron chi connectivity index (χ4n) is 3.58. The van der Waals surface area contributed by atoms with Gasteiger partial charge in [-0.15, -0.1) is 0 Å². The lowest BCUT2D eigenvalue weighted by molar-refractivity contribution is -0.384. The Morgan fingerprint density at radius 3 is 2.63 bits per heavy atom. The molecule has 0 saturated carbocycles. The van der Waals surface area contributed by atoms with Crippen LogP contribution < -0.4 is 5.32 Å². The number of β-amino-alcohol motifs (C(OH)–C–C–N with tert-alkyl or cyclic N) is 1. The standard InChI is InChI=1S/C19H28N4O6S/c20-12-30-13-5-6-14(15(9-13)23(28)29)21-7-3-1-2-4-8-22-10-17(25)19(27)18(26)16(22)11-24/h5-6,9,16-19,21,24-27H,1-4,7-8,10-11H2/t16-,17+,18-,19-/m1/s1. The van der Waals surface area contributed by atoms with Gasteiger partial charge in [0.25, 0.3) is 5.69 Å². The van der Waals surface area contributed by atoms with Gasteiger partial charge in [0.05, 0.1) is 23.7 Å². The van der Waals surface area contributed by atoms with Gasteiger partial charge in [-0.25, -0.2) is 0 Å². The Kier molecular flexibility index (Phi) is 9.77. The highest BCUT2D eigenvalue weighted by molar-refractivity contribution is 8.03. The summed E-state index contributed by atoms with van der Waals surface area (Å²) in [6.07, 6.45) is -0.108. The molecule has 1 aromatic carbocycles. The Hall–Kier alpha value is -1.94. The molecule has 0 aromatic heterocycles. The third-order valence-electron chi connectivity index (χ3n) is 5.23. The Bertz CT molecular complexity index is 746. The van der Waals surface area contributed by atoms with E-state index in [-0.39, 0.29) is 18.8 Å². The Morgan fingerprint density at radius 2 is 1.97 bits per heavy atom. The summed E-state index contributed by atoms with van der Waals surface area (Å²) < 4.78 is 0. The third-order valence-corrected chi connectivity index (χ3v) is 5.81. The summed E-state index contributed by atoms with van der Waals surface area (Å²) in [6.45, 7) is 1.06. The molecule has 166 valence electrons. The number of nitro benzene ring substituents is 1. The van der Waals surface area contributed by atoms with Gasteiger partial charge in [0, 0.05) is 24.1 Å². The highest BCUT2D eigenvalue weighted by atomic mass is 32.2. The van der Waals surface area contributed by atoms with Crippen LogP contribution in [0.2, 0.25) is 0 Å². The summed E-state index contributed by atoms with van der Waals surface area (Å²) >= 11 is 0.875. The van der Waals surface area contributed by atoms with E-state index in [4.69, 9.17) is 5.26 Å². The van der Waals surface area contributed by atoms with E-state index >= 15 is 0 Å². The van der Waals surface area contributed by atoms with Crippen molar-refractivity contribution in [3.8, 4) is 5.40 Å². The maximum absolute atomic E-state index is 11.2. The third kappa shape index (κ3) is 6.53. The number of aliphatic hydroxyl groups excluding tert-OH is 4. The van der Waals surface area contributed by atoms with E-state index in [1.165, 1.54) is 6.07 Å². The molecule has 2 rings (SSSR count). The molecule has 0 unspecified atom stereocenters. The molecule has 1 heterocycles. The van der Waals surface area contributed by atoms with Crippen LogP contribution in [0, 0.1) is 20.8 Å². The zero-order valence-corrected chi connectivity index (χ0v) is 17.4. The van der Waals surface area contributed by atoms with Crippen LogP contribution in [0.25, 0.3) is 0 Å². The van der Waals surface area contributed by atoms with E-state index in [1.807, 2.05) is 5.40 Å². The van der Waals surface area contributed by atoms with Crippen LogP contribution in [-0.4, -0.2) is 80.8 Å². The van der Waals surface area contributed by atoms with Crippen molar-refractivity contribution in [2.75, 3.05) is 31.6 Å². The van der Waals surface area contributed by atoms with E-state index in [1.54, 1.807) is 17.0 Å². The minimum atomic E-state index is -1.25. The largest absolute Gasteiger partial charge is 0.395 e. The van der Waals surface area contributed by atoms with E-state index in [0.717, 1.165) is 37.4 Å². The number of nitriles is 1. The van der Waals surface area contributed by atoms with Gasteiger partial charge in [0.2, 0.25) is 0 Å². The minimum Gasteiger partial charge on any atom is -0.395 e. The summed E-state index contributed by atoms with van der Waals surface area (Å²) in [5.41, 5.74) is 0.359. The minimum absolute atomic E-state index is 0.0605. The van der Waals surface area contributed by atoms with Gasteiger partial charge < -0.3 is 25.7 Å². The van der Waals surface area contributed by atoms with E-state index in [9.17, 15) is 30.5 Å². The van der Waals surface area contributed by atoms with Crippen LogP contribution >= 0.6 is 11.8 Å².